The first-order valence-corrected chi connectivity index (χ1v) is 9.45. The van der Waals surface area contributed by atoms with E-state index in [0.29, 0.717) is 10.0 Å². The fraction of sp³-hybridized carbons (Fsp3) is 0.450. The molecule has 1 aromatic heterocycles. The molecule has 25 heavy (non-hydrogen) atoms. The summed E-state index contributed by atoms with van der Waals surface area (Å²) in [6.45, 7) is 5.90. The van der Waals surface area contributed by atoms with Gasteiger partial charge in [-0.1, -0.05) is 43.1 Å². The van der Waals surface area contributed by atoms with Gasteiger partial charge in [-0.15, -0.1) is 0 Å². The molecular formula is C20H23Cl2NO2. The van der Waals surface area contributed by atoms with E-state index in [2.05, 4.69) is 18.8 Å². The van der Waals surface area contributed by atoms with Crippen molar-refractivity contribution >= 4 is 23.2 Å². The van der Waals surface area contributed by atoms with Crippen LogP contribution >= 0.6 is 23.2 Å². The molecule has 3 nitrogen and oxygen atoms in total. The van der Waals surface area contributed by atoms with Crippen molar-refractivity contribution in [3.8, 4) is 5.75 Å². The average Bonchev–Trinajstić information content (AvgIpc) is 2.64. The smallest absolute Gasteiger partial charge is 0.138 e. The Bertz CT molecular complexity index is 699. The van der Waals surface area contributed by atoms with Crippen molar-refractivity contribution in [3.63, 3.8) is 0 Å². The Labute approximate surface area is 159 Å². The van der Waals surface area contributed by atoms with Crippen LogP contribution in [0.25, 0.3) is 0 Å². The van der Waals surface area contributed by atoms with Gasteiger partial charge in [-0.05, 0) is 35.7 Å². The van der Waals surface area contributed by atoms with Gasteiger partial charge >= 0.3 is 0 Å². The highest BCUT2D eigenvalue weighted by atomic mass is 35.5. The lowest BCUT2D eigenvalue weighted by molar-refractivity contribution is 0.0254. The topological polar surface area (TPSA) is 31.4 Å². The molecule has 2 unspecified atom stereocenters. The minimum Gasteiger partial charge on any atom is -0.489 e. The molecule has 0 saturated carbocycles. The van der Waals surface area contributed by atoms with E-state index in [1.165, 1.54) is 0 Å². The third-order valence-electron chi connectivity index (χ3n) is 4.92. The van der Waals surface area contributed by atoms with Crippen molar-refractivity contribution in [1.29, 1.82) is 0 Å². The van der Waals surface area contributed by atoms with Gasteiger partial charge in [0.1, 0.15) is 11.9 Å². The summed E-state index contributed by atoms with van der Waals surface area (Å²) in [5.74, 6) is 1.36. The molecule has 2 aromatic rings. The van der Waals surface area contributed by atoms with Crippen LogP contribution in [0.4, 0.5) is 0 Å². The first-order valence-electron chi connectivity index (χ1n) is 8.70. The van der Waals surface area contributed by atoms with E-state index in [-0.39, 0.29) is 17.9 Å². The monoisotopic (exact) mass is 379 g/mol. The van der Waals surface area contributed by atoms with Gasteiger partial charge in [0.15, 0.2) is 0 Å². The van der Waals surface area contributed by atoms with Crippen molar-refractivity contribution in [2.45, 2.75) is 44.6 Å². The lowest BCUT2D eigenvalue weighted by Gasteiger charge is -2.24. The quantitative estimate of drug-likeness (QED) is 0.652. The van der Waals surface area contributed by atoms with Gasteiger partial charge in [-0.3, -0.25) is 4.98 Å². The number of ether oxygens (including phenoxy) is 2. The summed E-state index contributed by atoms with van der Waals surface area (Å²) in [4.78, 5) is 4.62. The van der Waals surface area contributed by atoms with Gasteiger partial charge in [0, 0.05) is 24.5 Å². The molecule has 3 rings (SSSR count). The number of pyridine rings is 1. The molecule has 1 aliphatic rings. The highest BCUT2D eigenvalue weighted by molar-refractivity contribution is 6.42. The molecule has 0 bridgehead atoms. The summed E-state index contributed by atoms with van der Waals surface area (Å²) in [6.07, 6.45) is 3.93. The van der Waals surface area contributed by atoms with Crippen LogP contribution in [0.5, 0.6) is 5.75 Å². The summed E-state index contributed by atoms with van der Waals surface area (Å²) < 4.78 is 11.3. The SMILES string of the molecule is CC(c1ccc(Cl)c(Cl)c1)C(C)c1ccc(OC2CCOCC2)cn1. The third-order valence-corrected chi connectivity index (χ3v) is 5.66. The van der Waals surface area contributed by atoms with E-state index in [0.717, 1.165) is 43.1 Å². The van der Waals surface area contributed by atoms with Crippen molar-refractivity contribution in [2.75, 3.05) is 13.2 Å². The van der Waals surface area contributed by atoms with Crippen LogP contribution < -0.4 is 4.74 Å². The molecule has 1 fully saturated rings. The first-order chi connectivity index (χ1) is 12.0. The normalized spacial score (nSPS) is 17.9. The number of hydrogen-bond acceptors (Lipinski definition) is 3. The fourth-order valence-electron chi connectivity index (χ4n) is 3.06. The van der Waals surface area contributed by atoms with Crippen molar-refractivity contribution in [1.82, 2.24) is 4.98 Å². The predicted octanol–water partition coefficient (Wildman–Crippen LogP) is 5.85. The van der Waals surface area contributed by atoms with E-state index in [1.54, 1.807) is 0 Å². The predicted molar refractivity (Wildman–Crippen MR) is 102 cm³/mol. The van der Waals surface area contributed by atoms with Gasteiger partial charge in [0.25, 0.3) is 0 Å². The molecule has 1 aliphatic heterocycles. The molecule has 0 N–H and O–H groups in total. The molecule has 1 saturated heterocycles. The van der Waals surface area contributed by atoms with Crippen LogP contribution in [0.2, 0.25) is 10.0 Å². The summed E-state index contributed by atoms with van der Waals surface area (Å²) >= 11 is 12.2. The fourth-order valence-corrected chi connectivity index (χ4v) is 3.36. The van der Waals surface area contributed by atoms with Crippen LogP contribution in [0.3, 0.4) is 0 Å². The van der Waals surface area contributed by atoms with Crippen molar-refractivity contribution in [2.24, 2.45) is 0 Å². The third kappa shape index (κ3) is 4.66. The molecule has 1 aromatic carbocycles. The summed E-state index contributed by atoms with van der Waals surface area (Å²) in [7, 11) is 0. The van der Waals surface area contributed by atoms with Crippen LogP contribution in [0.1, 0.15) is 49.8 Å². The molecule has 0 aliphatic carbocycles. The zero-order valence-electron chi connectivity index (χ0n) is 14.5. The maximum absolute atomic E-state index is 6.15. The Morgan fingerprint density at radius 3 is 2.44 bits per heavy atom. The zero-order chi connectivity index (χ0) is 17.8. The summed E-state index contributed by atoms with van der Waals surface area (Å²) in [5, 5.41) is 1.17. The minimum atomic E-state index is 0.231. The maximum Gasteiger partial charge on any atom is 0.138 e. The maximum atomic E-state index is 6.15. The highest BCUT2D eigenvalue weighted by Crippen LogP contribution is 2.34. The first kappa shape index (κ1) is 18.5. The Balaban J connectivity index is 1.66. The number of nitrogens with zero attached hydrogens (tertiary/aromatic N) is 1. The molecule has 0 radical (unpaired) electrons. The van der Waals surface area contributed by atoms with Gasteiger partial charge in [-0.25, -0.2) is 0 Å². The van der Waals surface area contributed by atoms with Gasteiger partial charge in [0.05, 0.1) is 29.5 Å². The number of hydrogen-bond donors (Lipinski definition) is 0. The van der Waals surface area contributed by atoms with E-state index in [1.807, 2.05) is 36.5 Å². The Kier molecular flexibility index (Phi) is 6.21. The molecule has 2 heterocycles. The van der Waals surface area contributed by atoms with Crippen LogP contribution in [0, 0.1) is 0 Å². The van der Waals surface area contributed by atoms with Crippen molar-refractivity contribution in [3.05, 3.63) is 57.8 Å². The Hall–Kier alpha value is -1.29. The van der Waals surface area contributed by atoms with Crippen LogP contribution in [0.15, 0.2) is 36.5 Å². The highest BCUT2D eigenvalue weighted by Gasteiger charge is 2.19. The number of halogens is 2. The lowest BCUT2D eigenvalue weighted by Crippen LogP contribution is -2.25. The molecule has 0 spiro atoms. The molecule has 0 amide bonds. The number of rotatable bonds is 5. The van der Waals surface area contributed by atoms with Gasteiger partial charge in [0.2, 0.25) is 0 Å². The van der Waals surface area contributed by atoms with Crippen LogP contribution in [-0.4, -0.2) is 24.3 Å². The standard InChI is InChI=1S/C20H23Cl2NO2/c1-13(15-3-5-18(21)19(22)11-15)14(2)20-6-4-17(12-23-20)25-16-7-9-24-10-8-16/h3-6,11-14,16H,7-10H2,1-2H3. The van der Waals surface area contributed by atoms with E-state index in [9.17, 15) is 0 Å². The van der Waals surface area contributed by atoms with Gasteiger partial charge in [-0.2, -0.15) is 0 Å². The van der Waals surface area contributed by atoms with E-state index in [4.69, 9.17) is 32.7 Å². The number of benzene rings is 1. The second-order valence-electron chi connectivity index (χ2n) is 6.60. The van der Waals surface area contributed by atoms with Gasteiger partial charge < -0.3 is 9.47 Å². The lowest BCUT2D eigenvalue weighted by atomic mass is 9.86. The average molecular weight is 380 g/mol. The molecule has 134 valence electrons. The van der Waals surface area contributed by atoms with E-state index >= 15 is 0 Å². The number of aromatic nitrogens is 1. The molecular weight excluding hydrogens is 357 g/mol. The Morgan fingerprint density at radius 2 is 1.80 bits per heavy atom. The largest absolute Gasteiger partial charge is 0.489 e. The second-order valence-corrected chi connectivity index (χ2v) is 7.41. The van der Waals surface area contributed by atoms with Crippen molar-refractivity contribution < 1.29 is 9.47 Å². The second kappa shape index (κ2) is 8.39. The minimum absolute atomic E-state index is 0.231. The van der Waals surface area contributed by atoms with E-state index < -0.39 is 0 Å². The zero-order valence-corrected chi connectivity index (χ0v) is 16.1. The summed E-state index contributed by atoms with van der Waals surface area (Å²) in [6, 6.07) is 9.87. The summed E-state index contributed by atoms with van der Waals surface area (Å²) in [5.41, 5.74) is 2.20. The molecule has 5 heteroatoms. The van der Waals surface area contributed by atoms with Crippen LogP contribution in [-0.2, 0) is 4.74 Å². The molecule has 2 atom stereocenters. The Morgan fingerprint density at radius 1 is 1.04 bits per heavy atom.